The Morgan fingerprint density at radius 1 is 1.28 bits per heavy atom. The summed E-state index contributed by atoms with van der Waals surface area (Å²) < 4.78 is 11.1. The van der Waals surface area contributed by atoms with Crippen molar-refractivity contribution >= 4 is 0 Å². The van der Waals surface area contributed by atoms with E-state index in [2.05, 4.69) is 24.4 Å². The van der Waals surface area contributed by atoms with Crippen LogP contribution in [0.15, 0.2) is 24.3 Å². The van der Waals surface area contributed by atoms with E-state index < -0.39 is 0 Å². The molecule has 2 rings (SSSR count). The van der Waals surface area contributed by atoms with Crippen molar-refractivity contribution < 1.29 is 9.47 Å². The Hall–Kier alpha value is -1.06. The molecule has 18 heavy (non-hydrogen) atoms. The van der Waals surface area contributed by atoms with Gasteiger partial charge in [0.1, 0.15) is 5.75 Å². The molecule has 0 saturated heterocycles. The number of benzene rings is 1. The zero-order valence-corrected chi connectivity index (χ0v) is 11.3. The van der Waals surface area contributed by atoms with Gasteiger partial charge in [-0.2, -0.15) is 0 Å². The molecule has 3 nitrogen and oxygen atoms in total. The minimum Gasteiger partial charge on any atom is -0.497 e. The maximum Gasteiger partial charge on any atom is 0.118 e. The second-order valence-electron chi connectivity index (χ2n) is 4.77. The molecule has 1 aromatic carbocycles. The van der Waals surface area contributed by atoms with Crippen molar-refractivity contribution in [1.29, 1.82) is 0 Å². The molecule has 1 atom stereocenters. The molecular formula is C15H23NO2. The number of ether oxygens (including phenoxy) is 2. The van der Waals surface area contributed by atoms with Gasteiger partial charge in [-0.1, -0.05) is 19.1 Å². The molecule has 1 fully saturated rings. The SMILES string of the molecule is CCNC(COC1CCC1)c1ccc(OC)cc1. The van der Waals surface area contributed by atoms with Crippen molar-refractivity contribution in [1.82, 2.24) is 5.32 Å². The van der Waals surface area contributed by atoms with E-state index >= 15 is 0 Å². The summed E-state index contributed by atoms with van der Waals surface area (Å²) in [6.07, 6.45) is 4.26. The number of nitrogens with one attached hydrogen (secondary N) is 1. The van der Waals surface area contributed by atoms with Gasteiger partial charge in [-0.3, -0.25) is 0 Å². The monoisotopic (exact) mass is 249 g/mol. The zero-order chi connectivity index (χ0) is 12.8. The molecule has 1 saturated carbocycles. The van der Waals surface area contributed by atoms with Crippen LogP contribution in [-0.4, -0.2) is 26.4 Å². The number of rotatable bonds is 7. The van der Waals surface area contributed by atoms with Crippen molar-refractivity contribution in [3.63, 3.8) is 0 Å². The Balaban J connectivity index is 1.93. The predicted octanol–water partition coefficient (Wildman–Crippen LogP) is 2.91. The lowest BCUT2D eigenvalue weighted by atomic mass is 9.96. The first-order valence-electron chi connectivity index (χ1n) is 6.82. The van der Waals surface area contributed by atoms with E-state index in [0.29, 0.717) is 6.10 Å². The minimum atomic E-state index is 0.279. The van der Waals surface area contributed by atoms with Gasteiger partial charge in [-0.15, -0.1) is 0 Å². The summed E-state index contributed by atoms with van der Waals surface area (Å²) in [7, 11) is 1.69. The molecule has 1 aliphatic carbocycles. The smallest absolute Gasteiger partial charge is 0.118 e. The highest BCUT2D eigenvalue weighted by molar-refractivity contribution is 5.29. The first kappa shape index (κ1) is 13.4. The minimum absolute atomic E-state index is 0.279. The summed E-state index contributed by atoms with van der Waals surface area (Å²) in [6, 6.07) is 8.50. The molecule has 1 N–H and O–H groups in total. The molecule has 100 valence electrons. The lowest BCUT2D eigenvalue weighted by Crippen LogP contribution is -2.30. The molecule has 0 amide bonds. The topological polar surface area (TPSA) is 30.5 Å². The van der Waals surface area contributed by atoms with Gasteiger partial charge in [-0.05, 0) is 43.5 Å². The van der Waals surface area contributed by atoms with Crippen molar-refractivity contribution in [2.75, 3.05) is 20.3 Å². The molecule has 1 unspecified atom stereocenters. The fourth-order valence-electron chi connectivity index (χ4n) is 2.13. The van der Waals surface area contributed by atoms with Gasteiger partial charge in [0, 0.05) is 0 Å². The van der Waals surface area contributed by atoms with Crippen LogP contribution in [0, 0.1) is 0 Å². The summed E-state index contributed by atoms with van der Waals surface area (Å²) in [5.41, 5.74) is 1.26. The van der Waals surface area contributed by atoms with Gasteiger partial charge in [0.05, 0.1) is 25.9 Å². The Kier molecular flexibility index (Phi) is 5.02. The number of hydrogen-bond donors (Lipinski definition) is 1. The Bertz CT molecular complexity index is 346. The Labute approximate surface area is 109 Å². The summed E-state index contributed by atoms with van der Waals surface area (Å²) in [4.78, 5) is 0. The van der Waals surface area contributed by atoms with E-state index in [4.69, 9.17) is 9.47 Å². The summed E-state index contributed by atoms with van der Waals surface area (Å²) in [5, 5.41) is 3.47. The maximum absolute atomic E-state index is 5.91. The molecule has 0 aliphatic heterocycles. The van der Waals surface area contributed by atoms with Crippen molar-refractivity contribution in [3.8, 4) is 5.75 Å². The maximum atomic E-state index is 5.91. The van der Waals surface area contributed by atoms with Gasteiger partial charge >= 0.3 is 0 Å². The van der Waals surface area contributed by atoms with Crippen LogP contribution in [0.5, 0.6) is 5.75 Å². The zero-order valence-electron chi connectivity index (χ0n) is 11.3. The largest absolute Gasteiger partial charge is 0.497 e. The highest BCUT2D eigenvalue weighted by atomic mass is 16.5. The van der Waals surface area contributed by atoms with E-state index in [1.165, 1.54) is 24.8 Å². The third-order valence-corrected chi connectivity index (χ3v) is 3.52. The van der Waals surface area contributed by atoms with E-state index in [1.807, 2.05) is 12.1 Å². The molecule has 0 heterocycles. The number of hydrogen-bond acceptors (Lipinski definition) is 3. The highest BCUT2D eigenvalue weighted by Gasteiger charge is 2.20. The fraction of sp³-hybridized carbons (Fsp3) is 0.600. The highest BCUT2D eigenvalue weighted by Crippen LogP contribution is 2.24. The van der Waals surface area contributed by atoms with Gasteiger partial charge in [-0.25, -0.2) is 0 Å². The summed E-state index contributed by atoms with van der Waals surface area (Å²) in [6.45, 7) is 3.83. The summed E-state index contributed by atoms with van der Waals surface area (Å²) >= 11 is 0. The van der Waals surface area contributed by atoms with Crippen LogP contribution in [-0.2, 0) is 4.74 Å². The first-order chi connectivity index (χ1) is 8.83. The average Bonchev–Trinajstić information content (AvgIpc) is 2.36. The van der Waals surface area contributed by atoms with Crippen molar-refractivity contribution in [2.45, 2.75) is 38.3 Å². The lowest BCUT2D eigenvalue weighted by molar-refractivity contribution is -0.00861. The van der Waals surface area contributed by atoms with Gasteiger partial charge < -0.3 is 14.8 Å². The van der Waals surface area contributed by atoms with Crippen LogP contribution < -0.4 is 10.1 Å². The normalized spacial score (nSPS) is 17.2. The van der Waals surface area contributed by atoms with Gasteiger partial charge in [0.2, 0.25) is 0 Å². The molecule has 0 aromatic heterocycles. The van der Waals surface area contributed by atoms with Crippen molar-refractivity contribution in [3.05, 3.63) is 29.8 Å². The van der Waals surface area contributed by atoms with Crippen LogP contribution in [0.2, 0.25) is 0 Å². The van der Waals surface area contributed by atoms with E-state index in [-0.39, 0.29) is 6.04 Å². The molecule has 1 aromatic rings. The third kappa shape index (κ3) is 3.47. The summed E-state index contributed by atoms with van der Waals surface area (Å²) in [5.74, 6) is 0.897. The molecule has 1 aliphatic rings. The molecule has 0 radical (unpaired) electrons. The fourth-order valence-corrected chi connectivity index (χ4v) is 2.13. The van der Waals surface area contributed by atoms with Crippen LogP contribution >= 0.6 is 0 Å². The predicted molar refractivity (Wildman–Crippen MR) is 73.0 cm³/mol. The van der Waals surface area contributed by atoms with E-state index in [1.54, 1.807) is 7.11 Å². The molecule has 3 heteroatoms. The van der Waals surface area contributed by atoms with Crippen molar-refractivity contribution in [2.24, 2.45) is 0 Å². The quantitative estimate of drug-likeness (QED) is 0.806. The second kappa shape index (κ2) is 6.76. The Morgan fingerprint density at radius 2 is 2.00 bits per heavy atom. The molecule has 0 spiro atoms. The number of methoxy groups -OCH3 is 1. The number of likely N-dealkylation sites (N-methyl/N-ethyl adjacent to an activating group) is 1. The molecular weight excluding hydrogens is 226 g/mol. The first-order valence-corrected chi connectivity index (χ1v) is 6.82. The standard InChI is InChI=1S/C15H23NO2/c1-3-16-15(11-18-14-5-4-6-14)12-7-9-13(17-2)10-8-12/h7-10,14-16H,3-6,11H2,1-2H3. The third-order valence-electron chi connectivity index (χ3n) is 3.52. The van der Waals surface area contributed by atoms with Gasteiger partial charge in [0.15, 0.2) is 0 Å². The van der Waals surface area contributed by atoms with E-state index in [9.17, 15) is 0 Å². The van der Waals surface area contributed by atoms with Crippen LogP contribution in [0.4, 0.5) is 0 Å². The van der Waals surface area contributed by atoms with E-state index in [0.717, 1.165) is 18.9 Å². The van der Waals surface area contributed by atoms with Crippen LogP contribution in [0.25, 0.3) is 0 Å². The average molecular weight is 249 g/mol. The van der Waals surface area contributed by atoms with Crippen LogP contribution in [0.1, 0.15) is 37.8 Å². The Morgan fingerprint density at radius 3 is 2.50 bits per heavy atom. The molecule has 0 bridgehead atoms. The lowest BCUT2D eigenvalue weighted by Gasteiger charge is -2.28. The second-order valence-corrected chi connectivity index (χ2v) is 4.77. The van der Waals surface area contributed by atoms with Crippen LogP contribution in [0.3, 0.4) is 0 Å². The van der Waals surface area contributed by atoms with Gasteiger partial charge in [0.25, 0.3) is 0 Å².